The lowest BCUT2D eigenvalue weighted by molar-refractivity contribution is -0.117. The van der Waals surface area contributed by atoms with Crippen LogP contribution in [0.4, 0.5) is 10.1 Å². The zero-order chi connectivity index (χ0) is 23.0. The molecule has 1 saturated heterocycles. The third-order valence-electron chi connectivity index (χ3n) is 6.37. The third-order valence-corrected chi connectivity index (χ3v) is 6.61. The van der Waals surface area contributed by atoms with E-state index in [9.17, 15) is 14.0 Å². The van der Waals surface area contributed by atoms with E-state index < -0.39 is 11.6 Å². The van der Waals surface area contributed by atoms with Gasteiger partial charge in [-0.2, -0.15) is 0 Å². The van der Waals surface area contributed by atoms with E-state index in [0.717, 1.165) is 25.7 Å². The molecule has 1 N–H and O–H groups in total. The van der Waals surface area contributed by atoms with E-state index in [1.54, 1.807) is 11.0 Å². The second-order valence-corrected chi connectivity index (χ2v) is 9.16. The SMILES string of the molecule is O=C(CN1CCN(C(=O)c2cc(Cl)ccc2F)CC1)Nc1ccc2c(c1)OC1(CCCC1)O2. The summed E-state index contributed by atoms with van der Waals surface area (Å²) in [4.78, 5) is 28.8. The Labute approximate surface area is 196 Å². The molecule has 7 nitrogen and oxygen atoms in total. The van der Waals surface area contributed by atoms with Crippen molar-refractivity contribution in [1.29, 1.82) is 0 Å². The molecule has 2 amide bonds. The molecule has 0 atom stereocenters. The van der Waals surface area contributed by atoms with Crippen LogP contribution in [0.25, 0.3) is 0 Å². The molecule has 1 spiro atoms. The van der Waals surface area contributed by atoms with Crippen molar-refractivity contribution in [2.24, 2.45) is 0 Å². The average molecular weight is 474 g/mol. The van der Waals surface area contributed by atoms with Gasteiger partial charge in [0.15, 0.2) is 11.5 Å². The van der Waals surface area contributed by atoms with Crippen molar-refractivity contribution in [3.05, 3.63) is 52.8 Å². The molecule has 174 valence electrons. The van der Waals surface area contributed by atoms with Gasteiger partial charge in [-0.15, -0.1) is 0 Å². The Morgan fingerprint density at radius 3 is 2.48 bits per heavy atom. The largest absolute Gasteiger partial charge is 0.448 e. The van der Waals surface area contributed by atoms with E-state index in [0.29, 0.717) is 48.4 Å². The summed E-state index contributed by atoms with van der Waals surface area (Å²) in [5, 5.41) is 3.23. The lowest BCUT2D eigenvalue weighted by atomic mass is 10.1. The molecule has 3 aliphatic rings. The van der Waals surface area contributed by atoms with Crippen molar-refractivity contribution in [2.75, 3.05) is 38.0 Å². The fourth-order valence-electron chi connectivity index (χ4n) is 4.63. The summed E-state index contributed by atoms with van der Waals surface area (Å²) in [6.45, 7) is 2.05. The van der Waals surface area contributed by atoms with Gasteiger partial charge in [-0.25, -0.2) is 4.39 Å². The van der Waals surface area contributed by atoms with Crippen LogP contribution in [0.5, 0.6) is 11.5 Å². The highest BCUT2D eigenvalue weighted by atomic mass is 35.5. The summed E-state index contributed by atoms with van der Waals surface area (Å²) in [5.41, 5.74) is 0.624. The molecule has 1 saturated carbocycles. The predicted octanol–water partition coefficient (Wildman–Crippen LogP) is 3.92. The van der Waals surface area contributed by atoms with Crippen LogP contribution >= 0.6 is 11.6 Å². The van der Waals surface area contributed by atoms with Gasteiger partial charge >= 0.3 is 0 Å². The summed E-state index contributed by atoms with van der Waals surface area (Å²) in [7, 11) is 0. The van der Waals surface area contributed by atoms with Gasteiger partial charge in [0.05, 0.1) is 12.1 Å². The molecule has 0 unspecified atom stereocenters. The summed E-state index contributed by atoms with van der Waals surface area (Å²) in [6, 6.07) is 9.40. The molecule has 33 heavy (non-hydrogen) atoms. The maximum absolute atomic E-state index is 14.0. The van der Waals surface area contributed by atoms with Gasteiger partial charge in [-0.1, -0.05) is 11.6 Å². The minimum atomic E-state index is -0.589. The number of rotatable bonds is 4. The number of benzene rings is 2. The van der Waals surface area contributed by atoms with Gasteiger partial charge in [0.1, 0.15) is 5.82 Å². The molecule has 0 radical (unpaired) electrons. The van der Waals surface area contributed by atoms with E-state index in [1.165, 1.54) is 18.2 Å². The fraction of sp³-hybridized carbons (Fsp3) is 0.417. The van der Waals surface area contributed by atoms with Crippen LogP contribution in [-0.2, 0) is 4.79 Å². The molecule has 2 aromatic rings. The molecule has 1 aliphatic carbocycles. The number of halogens is 2. The minimum absolute atomic E-state index is 0.0316. The van der Waals surface area contributed by atoms with Crippen LogP contribution in [-0.4, -0.2) is 60.1 Å². The number of piperazine rings is 1. The second kappa shape index (κ2) is 8.83. The van der Waals surface area contributed by atoms with E-state index >= 15 is 0 Å². The first-order valence-electron chi connectivity index (χ1n) is 11.2. The molecule has 9 heteroatoms. The summed E-state index contributed by atoms with van der Waals surface area (Å²) < 4.78 is 26.1. The van der Waals surface area contributed by atoms with Crippen LogP contribution in [0.2, 0.25) is 5.02 Å². The Morgan fingerprint density at radius 2 is 1.73 bits per heavy atom. The monoisotopic (exact) mass is 473 g/mol. The molecule has 2 aliphatic heterocycles. The highest BCUT2D eigenvalue weighted by Crippen LogP contribution is 2.47. The minimum Gasteiger partial charge on any atom is -0.448 e. The summed E-state index contributed by atoms with van der Waals surface area (Å²) >= 11 is 5.90. The Morgan fingerprint density at radius 1 is 1.00 bits per heavy atom. The zero-order valence-corrected chi connectivity index (χ0v) is 18.9. The molecule has 2 fully saturated rings. The number of nitrogens with one attached hydrogen (secondary N) is 1. The molecular weight excluding hydrogens is 449 g/mol. The number of nitrogens with zero attached hydrogens (tertiary/aromatic N) is 2. The Bertz CT molecular complexity index is 1080. The molecule has 0 bridgehead atoms. The van der Waals surface area contributed by atoms with E-state index in [4.69, 9.17) is 21.1 Å². The lowest BCUT2D eigenvalue weighted by Crippen LogP contribution is -2.50. The van der Waals surface area contributed by atoms with Crippen LogP contribution in [0.3, 0.4) is 0 Å². The summed E-state index contributed by atoms with van der Waals surface area (Å²) in [5.74, 6) is -0.281. The average Bonchev–Trinajstić information content (AvgIpc) is 3.40. The Balaban J connectivity index is 1.13. The number of ether oxygens (including phenoxy) is 2. The van der Waals surface area contributed by atoms with Crippen LogP contribution in [0.15, 0.2) is 36.4 Å². The normalized spacial score (nSPS) is 19.2. The van der Waals surface area contributed by atoms with Crippen molar-refractivity contribution in [3.8, 4) is 11.5 Å². The van der Waals surface area contributed by atoms with Gasteiger partial charge in [0, 0.05) is 55.8 Å². The zero-order valence-electron chi connectivity index (χ0n) is 18.1. The number of carbonyl (C=O) groups excluding carboxylic acids is 2. The molecular formula is C24H25ClFN3O4. The molecule has 0 aromatic heterocycles. The number of hydrogen-bond donors (Lipinski definition) is 1. The maximum Gasteiger partial charge on any atom is 0.256 e. The first-order chi connectivity index (χ1) is 15.9. The fourth-order valence-corrected chi connectivity index (χ4v) is 4.81. The number of amides is 2. The van der Waals surface area contributed by atoms with Crippen LogP contribution < -0.4 is 14.8 Å². The Kier molecular flexibility index (Phi) is 5.88. The van der Waals surface area contributed by atoms with Crippen molar-refractivity contribution in [2.45, 2.75) is 31.5 Å². The number of hydrogen-bond acceptors (Lipinski definition) is 5. The smallest absolute Gasteiger partial charge is 0.256 e. The number of anilines is 1. The molecule has 5 rings (SSSR count). The van der Waals surface area contributed by atoms with E-state index in [2.05, 4.69) is 5.32 Å². The number of fused-ring (bicyclic) bond motifs is 1. The van der Waals surface area contributed by atoms with Gasteiger partial charge in [-0.05, 0) is 43.2 Å². The van der Waals surface area contributed by atoms with Crippen molar-refractivity contribution >= 4 is 29.1 Å². The van der Waals surface area contributed by atoms with E-state index in [1.807, 2.05) is 17.0 Å². The first-order valence-corrected chi connectivity index (χ1v) is 11.6. The number of carbonyl (C=O) groups is 2. The predicted molar refractivity (Wildman–Crippen MR) is 121 cm³/mol. The van der Waals surface area contributed by atoms with E-state index in [-0.39, 0.29) is 23.9 Å². The van der Waals surface area contributed by atoms with Gasteiger partial charge in [0.25, 0.3) is 11.7 Å². The quantitative estimate of drug-likeness (QED) is 0.729. The van der Waals surface area contributed by atoms with Crippen molar-refractivity contribution < 1.29 is 23.5 Å². The van der Waals surface area contributed by atoms with Gasteiger partial charge in [-0.3, -0.25) is 14.5 Å². The molecule has 2 aromatic carbocycles. The second-order valence-electron chi connectivity index (χ2n) is 8.72. The van der Waals surface area contributed by atoms with Gasteiger partial charge < -0.3 is 19.7 Å². The van der Waals surface area contributed by atoms with Crippen molar-refractivity contribution in [1.82, 2.24) is 9.80 Å². The summed E-state index contributed by atoms with van der Waals surface area (Å²) in [6.07, 6.45) is 3.93. The Hall–Kier alpha value is -2.84. The van der Waals surface area contributed by atoms with Crippen LogP contribution in [0.1, 0.15) is 36.0 Å². The highest BCUT2D eigenvalue weighted by molar-refractivity contribution is 6.31. The third kappa shape index (κ3) is 4.63. The first kappa shape index (κ1) is 22.0. The highest BCUT2D eigenvalue weighted by Gasteiger charge is 2.44. The van der Waals surface area contributed by atoms with Crippen molar-refractivity contribution in [3.63, 3.8) is 0 Å². The standard InChI is InChI=1S/C24H25ClFN3O4/c25-16-3-5-19(26)18(13-16)23(31)29-11-9-28(10-12-29)15-22(30)27-17-4-6-20-21(14-17)33-24(32-20)7-1-2-8-24/h3-6,13-14H,1-2,7-12,15H2,(H,27,30). The topological polar surface area (TPSA) is 71.1 Å². The molecule has 2 heterocycles. The lowest BCUT2D eigenvalue weighted by Gasteiger charge is -2.34. The van der Waals surface area contributed by atoms with Crippen LogP contribution in [0, 0.1) is 5.82 Å². The van der Waals surface area contributed by atoms with Gasteiger partial charge in [0.2, 0.25) is 5.91 Å². The maximum atomic E-state index is 14.0.